The van der Waals surface area contributed by atoms with Crippen molar-refractivity contribution in [2.24, 2.45) is 10.4 Å². The van der Waals surface area contributed by atoms with Gasteiger partial charge < -0.3 is 10.2 Å². The maximum atomic E-state index is 12.8. The number of likely N-dealkylation sites (tertiary alicyclic amines) is 1. The Bertz CT molecular complexity index is 827. The van der Waals surface area contributed by atoms with E-state index in [4.69, 9.17) is 0 Å². The highest BCUT2D eigenvalue weighted by atomic mass is 127. The predicted molar refractivity (Wildman–Crippen MR) is 129 cm³/mol. The molecule has 1 aliphatic carbocycles. The van der Waals surface area contributed by atoms with E-state index >= 15 is 0 Å². The number of hydrogen-bond acceptors (Lipinski definition) is 3. The van der Waals surface area contributed by atoms with Gasteiger partial charge in [-0.1, -0.05) is 31.0 Å². The largest absolute Gasteiger partial charge is 0.352 e. The highest BCUT2D eigenvalue weighted by molar-refractivity contribution is 14.0. The van der Waals surface area contributed by atoms with Gasteiger partial charge in [0.25, 0.3) is 0 Å². The van der Waals surface area contributed by atoms with Crippen molar-refractivity contribution in [1.29, 1.82) is 0 Å². The summed E-state index contributed by atoms with van der Waals surface area (Å²) in [5, 5.41) is 3.39. The Hall–Kier alpha value is -0.870. The van der Waals surface area contributed by atoms with Crippen LogP contribution in [0.1, 0.15) is 58.4 Å². The number of benzene rings is 1. The average Bonchev–Trinajstić information content (AvgIpc) is 3.24. The molecule has 0 atom stereocenters. The highest BCUT2D eigenvalue weighted by Crippen LogP contribution is 2.45. The maximum absolute atomic E-state index is 12.8. The van der Waals surface area contributed by atoms with Crippen molar-refractivity contribution in [3.05, 3.63) is 29.8 Å². The molecular weight excluding hydrogens is 499 g/mol. The zero-order valence-electron chi connectivity index (χ0n) is 18.0. The van der Waals surface area contributed by atoms with E-state index < -0.39 is 15.6 Å². The van der Waals surface area contributed by atoms with Crippen molar-refractivity contribution in [2.75, 3.05) is 20.1 Å². The summed E-state index contributed by atoms with van der Waals surface area (Å²) >= 11 is 0. The van der Waals surface area contributed by atoms with Crippen LogP contribution in [0.5, 0.6) is 0 Å². The van der Waals surface area contributed by atoms with Gasteiger partial charge in [0.2, 0.25) is 10.0 Å². The van der Waals surface area contributed by atoms with Crippen molar-refractivity contribution < 1.29 is 8.42 Å². The fourth-order valence-corrected chi connectivity index (χ4v) is 6.18. The number of sulfonamides is 1. The van der Waals surface area contributed by atoms with Gasteiger partial charge in [-0.05, 0) is 57.1 Å². The Labute approximate surface area is 193 Å². The quantitative estimate of drug-likeness (QED) is 0.351. The summed E-state index contributed by atoms with van der Waals surface area (Å²) in [7, 11) is -1.79. The summed E-state index contributed by atoms with van der Waals surface area (Å²) in [4.78, 5) is 7.11. The second-order valence-corrected chi connectivity index (χ2v) is 10.9. The Morgan fingerprint density at radius 2 is 1.83 bits per heavy atom. The SMILES string of the molecule is CN=C(NCc1ccccc1S(=O)(=O)NC(C)(C)C)N1CCC2(CCCC2)C1.I. The first-order valence-electron chi connectivity index (χ1n) is 10.2. The van der Waals surface area contributed by atoms with Crippen molar-refractivity contribution in [3.63, 3.8) is 0 Å². The second-order valence-electron chi connectivity index (χ2n) is 9.24. The van der Waals surface area contributed by atoms with Crippen LogP contribution < -0.4 is 10.0 Å². The molecule has 1 aromatic carbocycles. The average molecular weight is 535 g/mol. The van der Waals surface area contributed by atoms with E-state index in [1.165, 1.54) is 32.1 Å². The van der Waals surface area contributed by atoms with Crippen molar-refractivity contribution in [3.8, 4) is 0 Å². The van der Waals surface area contributed by atoms with Crippen molar-refractivity contribution in [2.45, 2.75) is 69.9 Å². The third-order valence-corrected chi connectivity index (χ3v) is 7.61. The maximum Gasteiger partial charge on any atom is 0.241 e. The minimum atomic E-state index is -3.58. The number of nitrogens with one attached hydrogen (secondary N) is 2. The van der Waals surface area contributed by atoms with Crippen LogP contribution in [0.4, 0.5) is 0 Å². The molecule has 1 aliphatic heterocycles. The Morgan fingerprint density at radius 3 is 2.45 bits per heavy atom. The number of halogens is 1. The van der Waals surface area contributed by atoms with Gasteiger partial charge >= 0.3 is 0 Å². The standard InChI is InChI=1S/C21H34N4O2S.HI/c1-20(2,3)24-28(26,27)18-10-6-5-9-17(18)15-23-19(22-4)25-14-13-21(16-25)11-7-8-12-21;/h5-6,9-10,24H,7-8,11-16H2,1-4H3,(H,22,23);1H. The van der Waals surface area contributed by atoms with Crippen LogP contribution in [0.15, 0.2) is 34.2 Å². The first-order chi connectivity index (χ1) is 13.1. The van der Waals surface area contributed by atoms with E-state index in [0.29, 0.717) is 16.9 Å². The van der Waals surface area contributed by atoms with Crippen LogP contribution in [0.3, 0.4) is 0 Å². The molecule has 1 saturated carbocycles. The molecule has 2 fully saturated rings. The number of nitrogens with zero attached hydrogens (tertiary/aromatic N) is 2. The van der Waals surface area contributed by atoms with Crippen LogP contribution in [0.25, 0.3) is 0 Å². The molecule has 0 radical (unpaired) electrons. The van der Waals surface area contributed by atoms with Gasteiger partial charge in [-0.2, -0.15) is 0 Å². The predicted octanol–water partition coefficient (Wildman–Crippen LogP) is 3.72. The van der Waals surface area contributed by atoms with Gasteiger partial charge in [0, 0.05) is 32.2 Å². The smallest absolute Gasteiger partial charge is 0.241 e. The number of rotatable bonds is 4. The monoisotopic (exact) mass is 534 g/mol. The van der Waals surface area contributed by atoms with Gasteiger partial charge in [0.1, 0.15) is 0 Å². The molecule has 8 heteroatoms. The van der Waals surface area contributed by atoms with Gasteiger partial charge in [-0.15, -0.1) is 24.0 Å². The molecule has 1 spiro atoms. The summed E-state index contributed by atoms with van der Waals surface area (Å²) in [5.74, 6) is 0.861. The molecule has 6 nitrogen and oxygen atoms in total. The topological polar surface area (TPSA) is 73.8 Å². The normalized spacial score (nSPS) is 19.4. The van der Waals surface area contributed by atoms with E-state index in [9.17, 15) is 8.42 Å². The molecule has 0 aromatic heterocycles. The molecule has 1 heterocycles. The van der Waals surface area contributed by atoms with Crippen LogP contribution in [-0.4, -0.2) is 45.0 Å². The molecule has 2 N–H and O–H groups in total. The number of hydrogen-bond donors (Lipinski definition) is 2. The molecule has 1 saturated heterocycles. The summed E-state index contributed by atoms with van der Waals surface area (Å²) in [6, 6.07) is 7.16. The van der Waals surface area contributed by atoms with E-state index in [1.54, 1.807) is 19.2 Å². The van der Waals surface area contributed by atoms with E-state index in [0.717, 1.165) is 24.6 Å². The van der Waals surface area contributed by atoms with E-state index in [1.807, 2.05) is 32.9 Å². The molecular formula is C21H35IN4O2S. The van der Waals surface area contributed by atoms with Crippen molar-refractivity contribution in [1.82, 2.24) is 14.9 Å². The molecule has 29 heavy (non-hydrogen) atoms. The lowest BCUT2D eigenvalue weighted by atomic mass is 9.86. The fourth-order valence-electron chi connectivity index (χ4n) is 4.53. The third kappa shape index (κ3) is 6.07. The Balaban J connectivity index is 0.00000300. The molecule has 0 bridgehead atoms. The summed E-state index contributed by atoms with van der Waals surface area (Å²) in [6.07, 6.45) is 6.55. The Kier molecular flexibility index (Phi) is 8.00. The molecule has 3 rings (SSSR count). The molecule has 164 valence electrons. The fraction of sp³-hybridized carbons (Fsp3) is 0.667. The lowest BCUT2D eigenvalue weighted by Gasteiger charge is -2.26. The first-order valence-corrected chi connectivity index (χ1v) is 11.7. The van der Waals surface area contributed by atoms with Crippen LogP contribution >= 0.6 is 24.0 Å². The lowest BCUT2D eigenvalue weighted by molar-refractivity contribution is 0.309. The summed E-state index contributed by atoms with van der Waals surface area (Å²) < 4.78 is 28.4. The minimum absolute atomic E-state index is 0. The van der Waals surface area contributed by atoms with E-state index in [-0.39, 0.29) is 24.0 Å². The minimum Gasteiger partial charge on any atom is -0.352 e. The number of guanidine groups is 1. The van der Waals surface area contributed by atoms with Crippen LogP contribution in [-0.2, 0) is 16.6 Å². The zero-order valence-corrected chi connectivity index (χ0v) is 21.1. The highest BCUT2D eigenvalue weighted by Gasteiger charge is 2.41. The van der Waals surface area contributed by atoms with Crippen LogP contribution in [0, 0.1) is 5.41 Å². The Morgan fingerprint density at radius 1 is 1.17 bits per heavy atom. The third-order valence-electron chi connectivity index (χ3n) is 5.75. The van der Waals surface area contributed by atoms with E-state index in [2.05, 4.69) is 19.9 Å². The molecule has 0 unspecified atom stereocenters. The van der Waals surface area contributed by atoms with Gasteiger partial charge in [0.05, 0.1) is 4.90 Å². The summed E-state index contributed by atoms with van der Waals surface area (Å²) in [6.45, 7) is 8.04. The zero-order chi connectivity index (χ0) is 20.4. The molecule has 2 aliphatic rings. The number of aliphatic imine (C=N–C) groups is 1. The molecule has 1 aromatic rings. The second kappa shape index (κ2) is 9.51. The lowest BCUT2D eigenvalue weighted by Crippen LogP contribution is -2.42. The van der Waals surface area contributed by atoms with Crippen molar-refractivity contribution >= 4 is 40.0 Å². The van der Waals surface area contributed by atoms with Gasteiger partial charge in [0.15, 0.2) is 5.96 Å². The summed E-state index contributed by atoms with van der Waals surface area (Å²) in [5.41, 5.74) is 0.686. The van der Waals surface area contributed by atoms with Crippen LogP contribution in [0.2, 0.25) is 0 Å². The van der Waals surface area contributed by atoms with Gasteiger partial charge in [-0.3, -0.25) is 4.99 Å². The first kappa shape index (κ1) is 24.4. The van der Waals surface area contributed by atoms with Gasteiger partial charge in [-0.25, -0.2) is 13.1 Å². The molecule has 0 amide bonds.